The molecular formula is C15H16Cl2N2O2. The van der Waals surface area contributed by atoms with Crippen molar-refractivity contribution >= 4 is 34.6 Å². The van der Waals surface area contributed by atoms with Gasteiger partial charge >= 0.3 is 0 Å². The topological polar surface area (TPSA) is 58.2 Å². The van der Waals surface area contributed by atoms with E-state index in [9.17, 15) is 9.59 Å². The van der Waals surface area contributed by atoms with Gasteiger partial charge in [-0.3, -0.25) is 9.59 Å². The molecule has 0 unspecified atom stereocenters. The van der Waals surface area contributed by atoms with Gasteiger partial charge in [-0.25, -0.2) is 0 Å². The summed E-state index contributed by atoms with van der Waals surface area (Å²) >= 11 is 12.0. The van der Waals surface area contributed by atoms with E-state index < -0.39 is 10.9 Å². The summed E-state index contributed by atoms with van der Waals surface area (Å²) < 4.78 is 0. The molecule has 0 atom stereocenters. The highest BCUT2D eigenvalue weighted by molar-refractivity contribution is 6.33. The van der Waals surface area contributed by atoms with Gasteiger partial charge in [0.15, 0.2) is 0 Å². The van der Waals surface area contributed by atoms with Crippen molar-refractivity contribution in [2.75, 3.05) is 10.6 Å². The standard InChI is InChI=1S/C15H16Cl2N2O2/c1-15(2,3)19-12-11(13(20)14(12)21)18-7-8-6-9(16)4-5-10(8)17/h4-6,18-19H,7H2,1-3H3. The molecule has 0 aromatic heterocycles. The molecule has 2 aromatic rings. The van der Waals surface area contributed by atoms with Crippen LogP contribution in [-0.2, 0) is 6.54 Å². The molecule has 21 heavy (non-hydrogen) atoms. The maximum absolute atomic E-state index is 11.7. The van der Waals surface area contributed by atoms with Crippen molar-refractivity contribution in [2.45, 2.75) is 32.9 Å². The highest BCUT2D eigenvalue weighted by atomic mass is 35.5. The van der Waals surface area contributed by atoms with Crippen LogP contribution in [0, 0.1) is 0 Å². The molecule has 112 valence electrons. The molecule has 0 radical (unpaired) electrons. The predicted octanol–water partition coefficient (Wildman–Crippen LogP) is 3.41. The molecule has 6 heteroatoms. The fraction of sp³-hybridized carbons (Fsp3) is 0.333. The lowest BCUT2D eigenvalue weighted by Crippen LogP contribution is -2.41. The van der Waals surface area contributed by atoms with E-state index in [0.717, 1.165) is 5.56 Å². The Hall–Kier alpha value is -1.52. The van der Waals surface area contributed by atoms with Crippen LogP contribution in [0.4, 0.5) is 11.4 Å². The van der Waals surface area contributed by atoms with Crippen molar-refractivity contribution in [2.24, 2.45) is 0 Å². The monoisotopic (exact) mass is 326 g/mol. The van der Waals surface area contributed by atoms with Crippen LogP contribution < -0.4 is 21.5 Å². The molecular weight excluding hydrogens is 311 g/mol. The quantitative estimate of drug-likeness (QED) is 0.845. The fourth-order valence-electron chi connectivity index (χ4n) is 1.92. The number of hydrogen-bond acceptors (Lipinski definition) is 4. The highest BCUT2D eigenvalue weighted by Gasteiger charge is 2.24. The van der Waals surface area contributed by atoms with E-state index in [1.54, 1.807) is 18.2 Å². The molecule has 0 aliphatic heterocycles. The summed E-state index contributed by atoms with van der Waals surface area (Å²) in [6.07, 6.45) is 0. The SMILES string of the molecule is CC(C)(C)Nc1c(NCc2cc(Cl)ccc2Cl)c(=O)c1=O. The molecule has 0 bridgehead atoms. The lowest BCUT2D eigenvalue weighted by molar-refractivity contribution is 0.632. The third-order valence-electron chi connectivity index (χ3n) is 2.87. The van der Waals surface area contributed by atoms with Crippen LogP contribution in [0.2, 0.25) is 10.0 Å². The average molecular weight is 327 g/mol. The number of rotatable bonds is 4. The van der Waals surface area contributed by atoms with Crippen LogP contribution in [0.3, 0.4) is 0 Å². The smallest absolute Gasteiger partial charge is 0.253 e. The van der Waals surface area contributed by atoms with Crippen molar-refractivity contribution in [1.82, 2.24) is 0 Å². The van der Waals surface area contributed by atoms with Crippen LogP contribution in [0.5, 0.6) is 0 Å². The van der Waals surface area contributed by atoms with E-state index in [4.69, 9.17) is 23.2 Å². The van der Waals surface area contributed by atoms with Gasteiger partial charge in [0.1, 0.15) is 11.4 Å². The maximum Gasteiger partial charge on any atom is 0.253 e. The summed E-state index contributed by atoms with van der Waals surface area (Å²) in [4.78, 5) is 23.3. The van der Waals surface area contributed by atoms with E-state index in [0.29, 0.717) is 28.0 Å². The minimum absolute atomic E-state index is 0.297. The van der Waals surface area contributed by atoms with Gasteiger partial charge in [-0.2, -0.15) is 0 Å². The van der Waals surface area contributed by atoms with Gasteiger partial charge in [-0.1, -0.05) is 23.2 Å². The minimum atomic E-state index is -0.514. The molecule has 0 saturated carbocycles. The molecule has 2 rings (SSSR count). The molecule has 4 nitrogen and oxygen atoms in total. The second-order valence-electron chi connectivity index (χ2n) is 5.87. The molecule has 2 N–H and O–H groups in total. The molecule has 2 aromatic carbocycles. The normalized spacial score (nSPS) is 11.7. The Morgan fingerprint density at radius 2 is 1.67 bits per heavy atom. The first kappa shape index (κ1) is 15.9. The molecule has 0 amide bonds. The number of hydrogen-bond donors (Lipinski definition) is 2. The molecule has 0 saturated heterocycles. The lowest BCUT2D eigenvalue weighted by Gasteiger charge is -2.25. The van der Waals surface area contributed by atoms with Crippen LogP contribution >= 0.6 is 23.2 Å². The Kier molecular flexibility index (Phi) is 4.30. The van der Waals surface area contributed by atoms with Crippen molar-refractivity contribution in [3.63, 3.8) is 0 Å². The van der Waals surface area contributed by atoms with Gasteiger partial charge in [0.25, 0.3) is 10.9 Å². The second-order valence-corrected chi connectivity index (χ2v) is 6.72. The molecule has 0 aliphatic carbocycles. The molecule has 0 spiro atoms. The number of benzene rings is 1. The second kappa shape index (κ2) is 5.70. The van der Waals surface area contributed by atoms with Gasteiger partial charge in [0.2, 0.25) is 0 Å². The maximum atomic E-state index is 11.7. The zero-order valence-corrected chi connectivity index (χ0v) is 13.5. The van der Waals surface area contributed by atoms with Gasteiger partial charge < -0.3 is 10.6 Å². The van der Waals surface area contributed by atoms with E-state index in [-0.39, 0.29) is 5.54 Å². The zero-order chi connectivity index (χ0) is 15.8. The first-order chi connectivity index (χ1) is 9.69. The lowest BCUT2D eigenvalue weighted by atomic mass is 10.1. The van der Waals surface area contributed by atoms with Crippen LogP contribution in [0.15, 0.2) is 27.8 Å². The zero-order valence-electron chi connectivity index (χ0n) is 12.0. The Morgan fingerprint density at radius 3 is 2.29 bits per heavy atom. The third-order valence-corrected chi connectivity index (χ3v) is 3.48. The van der Waals surface area contributed by atoms with E-state index in [2.05, 4.69) is 10.6 Å². The van der Waals surface area contributed by atoms with Crippen molar-refractivity contribution in [3.05, 3.63) is 54.3 Å². The van der Waals surface area contributed by atoms with Crippen molar-refractivity contribution in [1.29, 1.82) is 0 Å². The van der Waals surface area contributed by atoms with Gasteiger partial charge in [-0.15, -0.1) is 0 Å². The largest absolute Gasteiger partial charge is 0.376 e. The number of halogens is 2. The van der Waals surface area contributed by atoms with Crippen LogP contribution in [-0.4, -0.2) is 5.54 Å². The highest BCUT2D eigenvalue weighted by Crippen LogP contribution is 2.24. The summed E-state index contributed by atoms with van der Waals surface area (Å²) in [5, 5.41) is 7.11. The van der Waals surface area contributed by atoms with Crippen molar-refractivity contribution < 1.29 is 0 Å². The Labute approximate surface area is 132 Å². The van der Waals surface area contributed by atoms with Crippen molar-refractivity contribution in [3.8, 4) is 0 Å². The van der Waals surface area contributed by atoms with Crippen LogP contribution in [0.25, 0.3) is 0 Å². The minimum Gasteiger partial charge on any atom is -0.376 e. The van der Waals surface area contributed by atoms with E-state index in [1.165, 1.54) is 0 Å². The molecule has 0 aliphatic rings. The fourth-order valence-corrected chi connectivity index (χ4v) is 2.30. The van der Waals surface area contributed by atoms with E-state index in [1.807, 2.05) is 20.8 Å². The van der Waals surface area contributed by atoms with E-state index >= 15 is 0 Å². The summed E-state index contributed by atoms with van der Waals surface area (Å²) in [6, 6.07) is 5.11. The Balaban J connectivity index is 2.18. The first-order valence-electron chi connectivity index (χ1n) is 6.48. The van der Waals surface area contributed by atoms with Gasteiger partial charge in [0, 0.05) is 22.1 Å². The van der Waals surface area contributed by atoms with Gasteiger partial charge in [0.05, 0.1) is 0 Å². The summed E-state index contributed by atoms with van der Waals surface area (Å²) in [5.41, 5.74) is 0.0758. The summed E-state index contributed by atoms with van der Waals surface area (Å²) in [5.74, 6) is 0. The van der Waals surface area contributed by atoms with Gasteiger partial charge in [-0.05, 0) is 44.5 Å². The number of anilines is 2. The Bertz CT molecular complexity index is 741. The summed E-state index contributed by atoms with van der Waals surface area (Å²) in [6.45, 7) is 6.08. The average Bonchev–Trinajstić information content (AvgIpc) is 2.39. The van der Waals surface area contributed by atoms with Crippen LogP contribution in [0.1, 0.15) is 26.3 Å². The molecule has 0 heterocycles. The third kappa shape index (κ3) is 3.57. The summed E-state index contributed by atoms with van der Waals surface area (Å²) in [7, 11) is 0. The molecule has 0 fully saturated rings. The number of nitrogens with one attached hydrogen (secondary N) is 2. The Morgan fingerprint density at radius 1 is 1.05 bits per heavy atom. The predicted molar refractivity (Wildman–Crippen MR) is 88.5 cm³/mol. The first-order valence-corrected chi connectivity index (χ1v) is 7.24.